The van der Waals surface area contributed by atoms with E-state index in [0.717, 1.165) is 37.2 Å². The first-order chi connectivity index (χ1) is 9.51. The summed E-state index contributed by atoms with van der Waals surface area (Å²) >= 11 is 1.31. The van der Waals surface area contributed by atoms with Gasteiger partial charge >= 0.3 is 0 Å². The first-order valence-corrected chi connectivity index (χ1v) is 9.28. The number of thiophene rings is 1. The molecule has 2 rings (SSSR count). The van der Waals surface area contributed by atoms with Crippen LogP contribution in [0.15, 0.2) is 16.3 Å². The molecule has 1 fully saturated rings. The molecular formula is C13H23N3O2S2. The van der Waals surface area contributed by atoms with Gasteiger partial charge in [-0.05, 0) is 64.0 Å². The number of sulfonamides is 1. The number of hydrogen-bond donors (Lipinski definition) is 2. The maximum atomic E-state index is 12.2. The summed E-state index contributed by atoms with van der Waals surface area (Å²) in [6, 6.07) is 3.52. The van der Waals surface area contributed by atoms with Crippen molar-refractivity contribution >= 4 is 21.4 Å². The van der Waals surface area contributed by atoms with E-state index in [1.165, 1.54) is 11.3 Å². The SMILES string of the molecule is CN1CCC(CNS(=O)(=O)c2ccc(CCN)s2)CC1. The predicted octanol–water partition coefficient (Wildman–Crippen LogP) is 0.869. The molecule has 0 aromatic carbocycles. The van der Waals surface area contributed by atoms with Crippen LogP contribution in [-0.4, -0.2) is 46.5 Å². The minimum Gasteiger partial charge on any atom is -0.330 e. The first kappa shape index (κ1) is 15.9. The second kappa shape index (κ2) is 7.00. The molecule has 1 aliphatic heterocycles. The molecule has 20 heavy (non-hydrogen) atoms. The Kier molecular flexibility index (Phi) is 5.57. The zero-order chi connectivity index (χ0) is 14.6. The minimum absolute atomic E-state index is 0.397. The van der Waals surface area contributed by atoms with Gasteiger partial charge in [-0.25, -0.2) is 13.1 Å². The van der Waals surface area contributed by atoms with Gasteiger partial charge in [0, 0.05) is 11.4 Å². The van der Waals surface area contributed by atoms with E-state index >= 15 is 0 Å². The van der Waals surface area contributed by atoms with Gasteiger partial charge in [-0.15, -0.1) is 11.3 Å². The standard InChI is InChI=1S/C13H23N3O2S2/c1-16-8-5-11(6-9-16)10-15-20(17,18)13-3-2-12(19-13)4-7-14/h2-3,11,15H,4-10,14H2,1H3. The predicted molar refractivity (Wildman–Crippen MR) is 82.5 cm³/mol. The molecule has 0 spiro atoms. The second-order valence-electron chi connectivity index (χ2n) is 5.36. The normalized spacial score (nSPS) is 18.5. The van der Waals surface area contributed by atoms with Crippen LogP contribution >= 0.6 is 11.3 Å². The molecule has 1 aromatic heterocycles. The fourth-order valence-electron chi connectivity index (χ4n) is 2.34. The van der Waals surface area contributed by atoms with Crippen LogP contribution in [0.4, 0.5) is 0 Å². The molecule has 1 saturated heterocycles. The number of hydrogen-bond acceptors (Lipinski definition) is 5. The molecule has 0 unspecified atom stereocenters. The van der Waals surface area contributed by atoms with E-state index in [4.69, 9.17) is 5.73 Å². The van der Waals surface area contributed by atoms with Gasteiger partial charge in [0.25, 0.3) is 0 Å². The van der Waals surface area contributed by atoms with Gasteiger partial charge in [-0.2, -0.15) is 0 Å². The Morgan fingerprint density at radius 2 is 2.10 bits per heavy atom. The lowest BCUT2D eigenvalue weighted by atomic mass is 9.98. The van der Waals surface area contributed by atoms with E-state index < -0.39 is 10.0 Å². The van der Waals surface area contributed by atoms with Crippen LogP contribution in [0.25, 0.3) is 0 Å². The summed E-state index contributed by atoms with van der Waals surface area (Å²) in [4.78, 5) is 3.30. The first-order valence-electron chi connectivity index (χ1n) is 6.98. The van der Waals surface area contributed by atoms with Crippen molar-refractivity contribution in [3.8, 4) is 0 Å². The monoisotopic (exact) mass is 317 g/mol. The van der Waals surface area contributed by atoms with Crippen LogP contribution in [0, 0.1) is 5.92 Å². The Balaban J connectivity index is 1.90. The molecule has 0 aliphatic carbocycles. The van der Waals surface area contributed by atoms with Crippen molar-refractivity contribution in [2.75, 3.05) is 33.2 Å². The molecule has 5 nitrogen and oxygen atoms in total. The Morgan fingerprint density at radius 1 is 1.40 bits per heavy atom. The molecule has 0 saturated carbocycles. The van der Waals surface area contributed by atoms with Gasteiger partial charge in [0.15, 0.2) is 0 Å². The number of likely N-dealkylation sites (tertiary alicyclic amines) is 1. The zero-order valence-electron chi connectivity index (χ0n) is 11.8. The second-order valence-corrected chi connectivity index (χ2v) is 8.52. The molecule has 2 heterocycles. The number of rotatable bonds is 6. The zero-order valence-corrected chi connectivity index (χ0v) is 13.5. The molecule has 0 atom stereocenters. The summed E-state index contributed by atoms with van der Waals surface area (Å²) in [5, 5.41) is 0. The fraction of sp³-hybridized carbons (Fsp3) is 0.692. The number of nitrogens with zero attached hydrogens (tertiary/aromatic N) is 1. The molecule has 0 amide bonds. The third kappa shape index (κ3) is 4.26. The summed E-state index contributed by atoms with van der Waals surface area (Å²) < 4.78 is 27.6. The number of nitrogens with one attached hydrogen (secondary N) is 1. The Labute approximate surface area is 125 Å². The van der Waals surface area contributed by atoms with Crippen molar-refractivity contribution < 1.29 is 8.42 Å². The molecule has 1 aromatic rings. The van der Waals surface area contributed by atoms with E-state index in [9.17, 15) is 8.42 Å². The molecule has 1 aliphatic rings. The highest BCUT2D eigenvalue weighted by atomic mass is 32.2. The summed E-state index contributed by atoms with van der Waals surface area (Å²) in [5.41, 5.74) is 5.48. The van der Waals surface area contributed by atoms with E-state index in [0.29, 0.717) is 23.2 Å². The van der Waals surface area contributed by atoms with Crippen molar-refractivity contribution in [2.45, 2.75) is 23.5 Å². The van der Waals surface area contributed by atoms with Crippen LogP contribution in [-0.2, 0) is 16.4 Å². The van der Waals surface area contributed by atoms with Gasteiger partial charge < -0.3 is 10.6 Å². The van der Waals surface area contributed by atoms with Gasteiger partial charge in [0.1, 0.15) is 4.21 Å². The molecule has 114 valence electrons. The Hall–Kier alpha value is -0.470. The fourth-order valence-corrected chi connectivity index (χ4v) is 4.88. The van der Waals surface area contributed by atoms with Crippen LogP contribution in [0.2, 0.25) is 0 Å². The summed E-state index contributed by atoms with van der Waals surface area (Å²) in [7, 11) is -1.25. The Morgan fingerprint density at radius 3 is 2.75 bits per heavy atom. The van der Waals surface area contributed by atoms with E-state index in [2.05, 4.69) is 16.7 Å². The lowest BCUT2D eigenvalue weighted by molar-refractivity contribution is 0.220. The minimum atomic E-state index is -3.36. The molecule has 7 heteroatoms. The molecule has 3 N–H and O–H groups in total. The topological polar surface area (TPSA) is 75.4 Å². The average molecular weight is 317 g/mol. The molecule has 0 bridgehead atoms. The van der Waals surface area contributed by atoms with Gasteiger partial charge in [0.2, 0.25) is 10.0 Å². The van der Waals surface area contributed by atoms with Crippen molar-refractivity contribution in [1.82, 2.24) is 9.62 Å². The summed E-state index contributed by atoms with van der Waals surface area (Å²) in [6.45, 7) is 3.18. The van der Waals surface area contributed by atoms with E-state index in [1.54, 1.807) is 6.07 Å². The van der Waals surface area contributed by atoms with Crippen LogP contribution in [0.3, 0.4) is 0 Å². The van der Waals surface area contributed by atoms with Crippen LogP contribution < -0.4 is 10.5 Å². The number of nitrogens with two attached hydrogens (primary N) is 1. The van der Waals surface area contributed by atoms with Crippen molar-refractivity contribution in [3.63, 3.8) is 0 Å². The molecule has 0 radical (unpaired) electrons. The quantitative estimate of drug-likeness (QED) is 0.816. The Bertz CT molecular complexity index is 519. The van der Waals surface area contributed by atoms with Gasteiger partial charge in [-0.3, -0.25) is 0 Å². The highest BCUT2D eigenvalue weighted by molar-refractivity contribution is 7.91. The highest BCUT2D eigenvalue weighted by Crippen LogP contribution is 2.22. The van der Waals surface area contributed by atoms with Gasteiger partial charge in [0.05, 0.1) is 0 Å². The summed E-state index contributed by atoms with van der Waals surface area (Å²) in [5.74, 6) is 0.449. The highest BCUT2D eigenvalue weighted by Gasteiger charge is 2.21. The third-order valence-corrected chi connectivity index (χ3v) is 6.75. The van der Waals surface area contributed by atoms with Crippen molar-refractivity contribution in [2.24, 2.45) is 11.7 Å². The van der Waals surface area contributed by atoms with Crippen LogP contribution in [0.1, 0.15) is 17.7 Å². The smallest absolute Gasteiger partial charge is 0.250 e. The van der Waals surface area contributed by atoms with Crippen molar-refractivity contribution in [1.29, 1.82) is 0 Å². The maximum Gasteiger partial charge on any atom is 0.250 e. The third-order valence-electron chi connectivity index (χ3n) is 3.69. The lowest BCUT2D eigenvalue weighted by Crippen LogP contribution is -2.36. The maximum absolute atomic E-state index is 12.2. The summed E-state index contributed by atoms with van der Waals surface area (Å²) in [6.07, 6.45) is 2.85. The lowest BCUT2D eigenvalue weighted by Gasteiger charge is -2.28. The van der Waals surface area contributed by atoms with Crippen molar-refractivity contribution in [3.05, 3.63) is 17.0 Å². The van der Waals surface area contributed by atoms with E-state index in [1.807, 2.05) is 6.07 Å². The van der Waals surface area contributed by atoms with Crippen LogP contribution in [0.5, 0.6) is 0 Å². The largest absolute Gasteiger partial charge is 0.330 e. The average Bonchev–Trinajstić information content (AvgIpc) is 2.88. The van der Waals surface area contributed by atoms with Gasteiger partial charge in [-0.1, -0.05) is 0 Å². The van der Waals surface area contributed by atoms with E-state index in [-0.39, 0.29) is 0 Å². The molecular weight excluding hydrogens is 294 g/mol. The number of piperidine rings is 1.